The molecule has 1 atom stereocenters. The van der Waals surface area contributed by atoms with Crippen LogP contribution in [0.25, 0.3) is 0 Å². The molecule has 0 amide bonds. The highest BCUT2D eigenvalue weighted by molar-refractivity contribution is 7.11. The topological polar surface area (TPSA) is 72.3 Å². The molecular formula is C17H23N5O2S. The van der Waals surface area contributed by atoms with Gasteiger partial charge in [-0.25, -0.2) is 9.97 Å². The van der Waals surface area contributed by atoms with E-state index in [0.717, 1.165) is 25.6 Å². The number of thiazole rings is 1. The second-order valence-electron chi connectivity index (χ2n) is 6.74. The molecule has 2 fully saturated rings. The first-order chi connectivity index (χ1) is 12.2. The molecule has 0 aromatic carbocycles. The monoisotopic (exact) mass is 361 g/mol. The highest BCUT2D eigenvalue weighted by Crippen LogP contribution is 2.41. The fraction of sp³-hybridized carbons (Fsp3) is 0.588. The molecule has 1 saturated carbocycles. The molecule has 2 aromatic rings. The lowest BCUT2D eigenvalue weighted by Crippen LogP contribution is -2.45. The summed E-state index contributed by atoms with van der Waals surface area (Å²) in [5, 5.41) is 4.43. The zero-order chi connectivity index (χ0) is 17.2. The highest BCUT2D eigenvalue weighted by atomic mass is 32.1. The van der Waals surface area contributed by atoms with E-state index in [-0.39, 0.29) is 11.7 Å². The lowest BCUT2D eigenvalue weighted by molar-refractivity contribution is -0.0237. The van der Waals surface area contributed by atoms with Gasteiger partial charge in [0.2, 0.25) is 0 Å². The lowest BCUT2D eigenvalue weighted by atomic mass is 10.2. The van der Waals surface area contributed by atoms with Crippen LogP contribution in [0.1, 0.15) is 28.6 Å². The molecule has 8 heteroatoms. The van der Waals surface area contributed by atoms with E-state index < -0.39 is 0 Å². The van der Waals surface area contributed by atoms with Gasteiger partial charge in [0.25, 0.3) is 5.56 Å². The third-order valence-electron chi connectivity index (χ3n) is 4.61. The number of nitrogens with one attached hydrogen (secondary N) is 1. The van der Waals surface area contributed by atoms with Crippen LogP contribution in [-0.4, -0.2) is 51.8 Å². The molecule has 0 radical (unpaired) electrons. The number of hydrogen-bond acceptors (Lipinski definition) is 7. The lowest BCUT2D eigenvalue weighted by Gasteiger charge is -2.32. The third-order valence-corrected chi connectivity index (χ3v) is 5.76. The largest absolute Gasteiger partial charge is 0.374 e. The summed E-state index contributed by atoms with van der Waals surface area (Å²) in [6.07, 6.45) is 7.95. The van der Waals surface area contributed by atoms with Crippen LogP contribution in [0.4, 0.5) is 5.82 Å². The van der Waals surface area contributed by atoms with Gasteiger partial charge in [0.1, 0.15) is 0 Å². The van der Waals surface area contributed by atoms with E-state index in [1.54, 1.807) is 19.4 Å². The summed E-state index contributed by atoms with van der Waals surface area (Å²) in [5.74, 6) is 1.10. The predicted molar refractivity (Wildman–Crippen MR) is 97.1 cm³/mol. The van der Waals surface area contributed by atoms with Gasteiger partial charge in [0.05, 0.1) is 17.7 Å². The van der Waals surface area contributed by atoms with E-state index >= 15 is 0 Å². The molecule has 0 bridgehead atoms. The van der Waals surface area contributed by atoms with Crippen molar-refractivity contribution in [2.45, 2.75) is 31.4 Å². The number of aromatic nitrogens is 3. The van der Waals surface area contributed by atoms with Gasteiger partial charge in [-0.15, -0.1) is 11.3 Å². The molecule has 0 unspecified atom stereocenters. The van der Waals surface area contributed by atoms with Gasteiger partial charge in [0.15, 0.2) is 5.82 Å². The summed E-state index contributed by atoms with van der Waals surface area (Å²) in [6.45, 7) is 3.99. The Kier molecular flexibility index (Phi) is 4.82. The van der Waals surface area contributed by atoms with Crippen LogP contribution in [0.2, 0.25) is 0 Å². The Balaban J connectivity index is 1.31. The number of anilines is 1. The van der Waals surface area contributed by atoms with Crippen molar-refractivity contribution in [3.05, 3.63) is 38.8 Å². The first kappa shape index (κ1) is 16.7. The number of aryl methyl sites for hydroxylation is 1. The maximum atomic E-state index is 12.0. The van der Waals surface area contributed by atoms with Crippen LogP contribution in [0.3, 0.4) is 0 Å². The first-order valence-electron chi connectivity index (χ1n) is 8.73. The maximum absolute atomic E-state index is 12.0. The van der Waals surface area contributed by atoms with Crippen molar-refractivity contribution >= 4 is 17.2 Å². The summed E-state index contributed by atoms with van der Waals surface area (Å²) < 4.78 is 7.36. The van der Waals surface area contributed by atoms with Gasteiger partial charge in [0, 0.05) is 62.6 Å². The minimum absolute atomic E-state index is 0.0521. The molecule has 1 saturated heterocycles. The van der Waals surface area contributed by atoms with Gasteiger partial charge in [-0.1, -0.05) is 0 Å². The van der Waals surface area contributed by atoms with Crippen molar-refractivity contribution < 1.29 is 4.74 Å². The Labute approximate surface area is 150 Å². The molecular weight excluding hydrogens is 338 g/mol. The molecule has 7 nitrogen and oxygen atoms in total. The smallest absolute Gasteiger partial charge is 0.293 e. The van der Waals surface area contributed by atoms with Gasteiger partial charge >= 0.3 is 0 Å². The van der Waals surface area contributed by atoms with E-state index in [1.807, 2.05) is 17.5 Å². The number of morpholine rings is 1. The molecule has 2 aromatic heterocycles. The number of hydrogen-bond donors (Lipinski definition) is 1. The van der Waals surface area contributed by atoms with E-state index in [4.69, 9.17) is 4.74 Å². The molecule has 25 heavy (non-hydrogen) atoms. The fourth-order valence-electron chi connectivity index (χ4n) is 3.01. The average molecular weight is 361 g/mol. The fourth-order valence-corrected chi connectivity index (χ4v) is 4.14. The Morgan fingerprint density at radius 1 is 1.40 bits per heavy atom. The third kappa shape index (κ3) is 4.08. The summed E-state index contributed by atoms with van der Waals surface area (Å²) >= 11 is 1.85. The standard InChI is InChI=1S/C17H23N5O2S/c1-21-5-4-18-15(17(21)23)19-8-13-10-22(6-7-24-13)11-14-9-20-16(25-14)12-2-3-12/h4-5,9,12-13H,2-3,6-8,10-11H2,1H3,(H,18,19)/t13-/m1/s1. The van der Waals surface area contributed by atoms with Crippen LogP contribution >= 0.6 is 11.3 Å². The van der Waals surface area contributed by atoms with Crippen LogP contribution in [-0.2, 0) is 18.3 Å². The number of nitrogens with zero attached hydrogens (tertiary/aromatic N) is 4. The second-order valence-corrected chi connectivity index (χ2v) is 7.89. The van der Waals surface area contributed by atoms with Crippen molar-refractivity contribution in [1.29, 1.82) is 0 Å². The molecule has 1 aliphatic carbocycles. The van der Waals surface area contributed by atoms with E-state index in [2.05, 4.69) is 20.2 Å². The van der Waals surface area contributed by atoms with Gasteiger partial charge < -0.3 is 14.6 Å². The van der Waals surface area contributed by atoms with Crippen LogP contribution in [0.15, 0.2) is 23.4 Å². The molecule has 134 valence electrons. The van der Waals surface area contributed by atoms with Crippen LogP contribution in [0, 0.1) is 0 Å². The zero-order valence-corrected chi connectivity index (χ0v) is 15.2. The molecule has 3 heterocycles. The van der Waals surface area contributed by atoms with Crippen molar-refractivity contribution in [1.82, 2.24) is 19.4 Å². The van der Waals surface area contributed by atoms with E-state index in [0.29, 0.717) is 19.0 Å². The molecule has 1 N–H and O–H groups in total. The van der Waals surface area contributed by atoms with Gasteiger partial charge in [-0.3, -0.25) is 9.69 Å². The predicted octanol–water partition coefficient (Wildman–Crippen LogP) is 1.43. The average Bonchev–Trinajstić information content (AvgIpc) is 3.37. The van der Waals surface area contributed by atoms with Crippen molar-refractivity contribution in [3.8, 4) is 0 Å². The Morgan fingerprint density at radius 3 is 3.12 bits per heavy atom. The second kappa shape index (κ2) is 7.23. The molecule has 1 aliphatic heterocycles. The minimum atomic E-state index is -0.118. The van der Waals surface area contributed by atoms with Crippen LogP contribution in [0.5, 0.6) is 0 Å². The van der Waals surface area contributed by atoms with Crippen molar-refractivity contribution in [2.75, 3.05) is 31.6 Å². The van der Waals surface area contributed by atoms with Gasteiger partial charge in [-0.05, 0) is 12.8 Å². The number of ether oxygens (including phenoxy) is 1. The SMILES string of the molecule is Cn1ccnc(NC[C@@H]2CN(Cc3cnc(C4CC4)s3)CCO2)c1=O. The Hall–Kier alpha value is -1.77. The molecule has 0 spiro atoms. The number of rotatable bonds is 6. The first-order valence-corrected chi connectivity index (χ1v) is 9.55. The minimum Gasteiger partial charge on any atom is -0.374 e. The Bertz CT molecular complexity index is 785. The quantitative estimate of drug-likeness (QED) is 0.839. The van der Waals surface area contributed by atoms with Crippen molar-refractivity contribution in [2.24, 2.45) is 7.05 Å². The van der Waals surface area contributed by atoms with Crippen molar-refractivity contribution in [3.63, 3.8) is 0 Å². The van der Waals surface area contributed by atoms with Gasteiger partial charge in [-0.2, -0.15) is 0 Å². The summed E-state index contributed by atoms with van der Waals surface area (Å²) in [5.41, 5.74) is -0.118. The van der Waals surface area contributed by atoms with E-state index in [1.165, 1.54) is 27.3 Å². The summed E-state index contributed by atoms with van der Waals surface area (Å²) in [4.78, 5) is 24.4. The molecule has 2 aliphatic rings. The summed E-state index contributed by atoms with van der Waals surface area (Å²) in [6, 6.07) is 0. The van der Waals surface area contributed by atoms with Crippen LogP contribution < -0.4 is 10.9 Å². The molecule has 4 rings (SSSR count). The summed E-state index contributed by atoms with van der Waals surface area (Å²) in [7, 11) is 1.72. The Morgan fingerprint density at radius 2 is 2.28 bits per heavy atom. The highest BCUT2D eigenvalue weighted by Gasteiger charge is 2.27. The normalized spacial score (nSPS) is 21.4. The maximum Gasteiger partial charge on any atom is 0.293 e. The zero-order valence-electron chi connectivity index (χ0n) is 14.4. The van der Waals surface area contributed by atoms with E-state index in [9.17, 15) is 4.79 Å².